The van der Waals surface area contributed by atoms with Gasteiger partial charge < -0.3 is 25.6 Å². The van der Waals surface area contributed by atoms with Gasteiger partial charge in [0.2, 0.25) is 0 Å². The van der Waals surface area contributed by atoms with Crippen molar-refractivity contribution < 1.29 is 19.7 Å². The molecule has 14 heteroatoms. The van der Waals surface area contributed by atoms with Crippen LogP contribution in [0.2, 0.25) is 5.02 Å². The molecule has 1 saturated heterocycles. The van der Waals surface area contributed by atoms with E-state index < -0.39 is 30.4 Å². The Balaban J connectivity index is 1.59. The number of aliphatic hydroxyl groups is 2. The first-order chi connectivity index (χ1) is 16.5. The smallest absolute Gasteiger partial charge is 0.251 e. The van der Waals surface area contributed by atoms with Crippen molar-refractivity contribution in [2.75, 3.05) is 12.4 Å². The van der Waals surface area contributed by atoms with Gasteiger partial charge in [-0.25, -0.2) is 19.9 Å². The van der Waals surface area contributed by atoms with Crippen molar-refractivity contribution in [1.82, 2.24) is 34.8 Å². The molecule has 0 spiro atoms. The van der Waals surface area contributed by atoms with Gasteiger partial charge in [-0.05, 0) is 6.07 Å². The lowest BCUT2D eigenvalue weighted by Crippen LogP contribution is -2.41. The Kier molecular flexibility index (Phi) is 6.10. The Morgan fingerprint density at radius 3 is 2.85 bits per heavy atom. The minimum Gasteiger partial charge on any atom is -0.387 e. The molecule has 1 aliphatic rings. The molecule has 4 atom stereocenters. The Bertz CT molecular complexity index is 1330. The number of ether oxygens (including phenoxy) is 1. The number of hydrogen-bond donors (Lipinski definition) is 4. The molecule has 4 aromatic heterocycles. The molecule has 5 rings (SSSR count). The number of anilines is 1. The number of amides is 1. The number of likely N-dealkylation sites (N-methyl/N-ethyl adjacent to an activating group) is 1. The summed E-state index contributed by atoms with van der Waals surface area (Å²) in [5.41, 5.74) is 1.29. The maximum Gasteiger partial charge on any atom is 0.251 e. The highest BCUT2D eigenvalue weighted by Gasteiger charge is 2.47. The topological polar surface area (TPSA) is 160 Å². The zero-order valence-electron chi connectivity index (χ0n) is 17.7. The minimum atomic E-state index is -1.43. The van der Waals surface area contributed by atoms with Gasteiger partial charge in [0.1, 0.15) is 17.2 Å². The fourth-order valence-electron chi connectivity index (χ4n) is 3.64. The van der Waals surface area contributed by atoms with Crippen molar-refractivity contribution in [2.24, 2.45) is 0 Å². The third kappa shape index (κ3) is 4.08. The quantitative estimate of drug-likeness (QED) is 0.299. The van der Waals surface area contributed by atoms with E-state index in [1.807, 2.05) is 5.38 Å². The third-order valence-electron chi connectivity index (χ3n) is 5.29. The predicted molar refractivity (Wildman–Crippen MR) is 123 cm³/mol. The Morgan fingerprint density at radius 2 is 2.12 bits per heavy atom. The highest BCUT2D eigenvalue weighted by Crippen LogP contribution is 2.33. The zero-order chi connectivity index (χ0) is 23.8. The summed E-state index contributed by atoms with van der Waals surface area (Å²) in [5.74, 6) is 0.177. The van der Waals surface area contributed by atoms with Crippen molar-refractivity contribution in [3.8, 4) is 11.4 Å². The van der Waals surface area contributed by atoms with Crippen molar-refractivity contribution in [1.29, 1.82) is 0 Å². The van der Waals surface area contributed by atoms with Gasteiger partial charge in [0.15, 0.2) is 35.1 Å². The van der Waals surface area contributed by atoms with E-state index in [0.29, 0.717) is 39.9 Å². The fraction of sp³-hybridized carbons (Fsp3) is 0.300. The predicted octanol–water partition coefficient (Wildman–Crippen LogP) is 0.975. The van der Waals surface area contributed by atoms with Crippen LogP contribution < -0.4 is 10.6 Å². The molecule has 1 aliphatic heterocycles. The van der Waals surface area contributed by atoms with Gasteiger partial charge in [-0.15, -0.1) is 11.3 Å². The summed E-state index contributed by atoms with van der Waals surface area (Å²) < 4.78 is 7.17. The number of halogens is 1. The number of carbonyl (C=O) groups excluding carboxylic acids is 1. The summed E-state index contributed by atoms with van der Waals surface area (Å²) in [6.45, 7) is 0.407. The number of hydrogen-bond acceptors (Lipinski definition) is 11. The second kappa shape index (κ2) is 9.19. The van der Waals surface area contributed by atoms with Crippen LogP contribution in [-0.2, 0) is 16.1 Å². The molecule has 0 radical (unpaired) electrons. The number of nitrogens with zero attached hydrogens (tertiary/aromatic N) is 6. The fourth-order valence-corrected chi connectivity index (χ4v) is 4.37. The van der Waals surface area contributed by atoms with Gasteiger partial charge in [0.25, 0.3) is 5.91 Å². The van der Waals surface area contributed by atoms with Crippen LogP contribution in [-0.4, -0.2) is 71.0 Å². The van der Waals surface area contributed by atoms with Gasteiger partial charge in [-0.1, -0.05) is 11.6 Å². The second-order valence-corrected chi connectivity index (χ2v) is 8.85. The number of fused-ring (bicyclic) bond motifs is 1. The minimum absolute atomic E-state index is 0.307. The monoisotopic (exact) mass is 502 g/mol. The van der Waals surface area contributed by atoms with Crippen molar-refractivity contribution >= 4 is 45.8 Å². The summed E-state index contributed by atoms with van der Waals surface area (Å²) in [4.78, 5) is 34.1. The normalized spacial score (nSPS) is 22.2. The van der Waals surface area contributed by atoms with Crippen LogP contribution in [0.1, 0.15) is 11.2 Å². The van der Waals surface area contributed by atoms with Gasteiger partial charge in [0.05, 0.1) is 17.9 Å². The summed E-state index contributed by atoms with van der Waals surface area (Å²) in [7, 11) is 1.42. The van der Waals surface area contributed by atoms with Gasteiger partial charge in [-0.2, -0.15) is 0 Å². The first-order valence-corrected chi connectivity index (χ1v) is 11.4. The molecule has 1 amide bonds. The van der Waals surface area contributed by atoms with Crippen molar-refractivity contribution in [3.63, 3.8) is 0 Å². The average molecular weight is 503 g/mol. The summed E-state index contributed by atoms with van der Waals surface area (Å²) in [6.07, 6.45) is 1.03. The Labute approximate surface area is 201 Å². The number of carbonyl (C=O) groups is 1. The SMILES string of the molecule is CNC(=O)[C@H]1O[C@@H](n2cnc3c(NCc4nccs4)nc(-c4cncc(Cl)c4)nc32)[C@H](O)[C@@H]1O. The molecule has 5 heterocycles. The molecule has 0 aliphatic carbocycles. The maximum absolute atomic E-state index is 12.1. The standard InChI is InChI=1S/C20H19ClN8O4S/c1-22-19(32)15-13(30)14(31)20(33-15)29-8-26-12-17(25-7-11-24-2-3-34-11)27-16(28-18(12)29)9-4-10(21)6-23-5-9/h2-6,8,13-15,20,30-31H,7H2,1H3,(H,22,32)(H,25,27,28)/t13-,14+,15-,20+/m0/s1. The molecule has 176 valence electrons. The molecule has 1 fully saturated rings. The number of pyridine rings is 1. The highest BCUT2D eigenvalue weighted by atomic mass is 35.5. The lowest BCUT2D eigenvalue weighted by Gasteiger charge is -2.17. The van der Waals surface area contributed by atoms with Crippen LogP contribution >= 0.6 is 22.9 Å². The molecule has 4 aromatic rings. The molecule has 0 aromatic carbocycles. The first-order valence-electron chi connectivity index (χ1n) is 10.2. The van der Waals surface area contributed by atoms with Crippen LogP contribution in [0.25, 0.3) is 22.6 Å². The largest absolute Gasteiger partial charge is 0.387 e. The number of thiazole rings is 1. The zero-order valence-corrected chi connectivity index (χ0v) is 19.2. The summed E-state index contributed by atoms with van der Waals surface area (Å²) in [5, 5.41) is 29.8. The van der Waals surface area contributed by atoms with Crippen LogP contribution in [0.3, 0.4) is 0 Å². The van der Waals surface area contributed by atoms with Gasteiger partial charge in [0, 0.05) is 36.6 Å². The first kappa shape index (κ1) is 22.6. The van der Waals surface area contributed by atoms with E-state index >= 15 is 0 Å². The molecule has 4 N–H and O–H groups in total. The lowest BCUT2D eigenvalue weighted by molar-refractivity contribution is -0.137. The number of aliphatic hydroxyl groups excluding tert-OH is 2. The van der Waals surface area contributed by atoms with E-state index in [1.54, 1.807) is 18.5 Å². The Morgan fingerprint density at radius 1 is 1.26 bits per heavy atom. The van der Waals surface area contributed by atoms with E-state index in [-0.39, 0.29) is 0 Å². The van der Waals surface area contributed by atoms with E-state index in [9.17, 15) is 15.0 Å². The maximum atomic E-state index is 12.1. The van der Waals surface area contributed by atoms with Crippen molar-refractivity contribution in [3.05, 3.63) is 46.4 Å². The summed E-state index contributed by atoms with van der Waals surface area (Å²) >= 11 is 7.61. The molecule has 0 bridgehead atoms. The number of rotatable bonds is 6. The van der Waals surface area contributed by atoms with Gasteiger partial charge >= 0.3 is 0 Å². The Hall–Kier alpha value is -3.23. The molecular formula is C20H19ClN8O4S. The molecule has 0 unspecified atom stereocenters. The molecular weight excluding hydrogens is 484 g/mol. The average Bonchev–Trinajstić information content (AvgIpc) is 3.57. The number of aromatic nitrogens is 6. The van der Waals surface area contributed by atoms with E-state index in [2.05, 4.69) is 35.6 Å². The van der Waals surface area contributed by atoms with Crippen LogP contribution in [0.15, 0.2) is 36.4 Å². The second-order valence-electron chi connectivity index (χ2n) is 7.43. The van der Waals surface area contributed by atoms with E-state index in [4.69, 9.17) is 16.3 Å². The highest BCUT2D eigenvalue weighted by molar-refractivity contribution is 7.09. The number of imidazole rings is 1. The molecule has 34 heavy (non-hydrogen) atoms. The van der Waals surface area contributed by atoms with Crippen LogP contribution in [0.4, 0.5) is 5.82 Å². The van der Waals surface area contributed by atoms with Crippen LogP contribution in [0.5, 0.6) is 0 Å². The molecule has 0 saturated carbocycles. The van der Waals surface area contributed by atoms with Gasteiger partial charge in [-0.3, -0.25) is 14.3 Å². The van der Waals surface area contributed by atoms with Crippen LogP contribution in [0, 0.1) is 0 Å². The van der Waals surface area contributed by atoms with E-state index in [0.717, 1.165) is 5.01 Å². The lowest BCUT2D eigenvalue weighted by atomic mass is 10.1. The van der Waals surface area contributed by atoms with E-state index in [1.165, 1.54) is 35.5 Å². The molecule has 12 nitrogen and oxygen atoms in total. The number of nitrogens with one attached hydrogen (secondary N) is 2. The third-order valence-corrected chi connectivity index (χ3v) is 6.28. The van der Waals surface area contributed by atoms with Crippen molar-refractivity contribution in [2.45, 2.75) is 31.1 Å². The summed E-state index contributed by atoms with van der Waals surface area (Å²) in [6, 6.07) is 1.67.